The minimum atomic E-state index is -0.361. The van der Waals surface area contributed by atoms with Crippen LogP contribution >= 0.6 is 43.5 Å². The monoisotopic (exact) mass is 516 g/mol. The fourth-order valence-corrected chi connectivity index (χ4v) is 4.63. The summed E-state index contributed by atoms with van der Waals surface area (Å²) in [5.41, 5.74) is 4.22. The first-order valence-electron chi connectivity index (χ1n) is 8.92. The molecule has 0 amide bonds. The van der Waals surface area contributed by atoms with Crippen LogP contribution < -0.4 is 4.74 Å². The highest BCUT2D eigenvalue weighted by atomic mass is 79.9. The Morgan fingerprint density at radius 2 is 1.68 bits per heavy atom. The highest BCUT2D eigenvalue weighted by Crippen LogP contribution is 2.49. The molecular formula is C22H15Br2ClN2O. The van der Waals surface area contributed by atoms with Crippen LogP contribution in [0.2, 0.25) is 5.02 Å². The molecule has 0 spiro atoms. The molecular weight excluding hydrogens is 504 g/mol. The molecule has 0 radical (unpaired) electrons. The standard InChI is InChI=1S/C22H15Br2ClN2O/c23-14-7-5-13(6-8-14)19-12-20-17-11-15(24)9-10-21(17)28-22(27(20)26-19)16-3-1-2-4-18(16)25/h1-11,20,22H,12H2. The molecule has 0 N–H and O–H groups in total. The quantitative estimate of drug-likeness (QED) is 0.361. The maximum Gasteiger partial charge on any atom is 0.215 e. The largest absolute Gasteiger partial charge is 0.464 e. The van der Waals surface area contributed by atoms with Crippen LogP contribution in [0, 0.1) is 0 Å². The average Bonchev–Trinajstić information content (AvgIpc) is 3.14. The van der Waals surface area contributed by atoms with Gasteiger partial charge in [0, 0.05) is 31.5 Å². The number of hydrogen-bond donors (Lipinski definition) is 0. The van der Waals surface area contributed by atoms with E-state index in [4.69, 9.17) is 21.4 Å². The minimum absolute atomic E-state index is 0.0983. The smallest absolute Gasteiger partial charge is 0.215 e. The Kier molecular flexibility index (Phi) is 4.69. The first kappa shape index (κ1) is 18.2. The summed E-state index contributed by atoms with van der Waals surface area (Å²) in [6, 6.07) is 22.3. The third-order valence-electron chi connectivity index (χ3n) is 5.10. The maximum atomic E-state index is 6.50. The van der Waals surface area contributed by atoms with Crippen LogP contribution in [0.1, 0.15) is 35.4 Å². The average molecular weight is 519 g/mol. The molecule has 0 bridgehead atoms. The van der Waals surface area contributed by atoms with Crippen LogP contribution in [0.5, 0.6) is 5.75 Å². The summed E-state index contributed by atoms with van der Waals surface area (Å²) < 4.78 is 8.46. The molecule has 0 fully saturated rings. The molecule has 0 saturated carbocycles. The molecule has 2 unspecified atom stereocenters. The fraction of sp³-hybridized carbons (Fsp3) is 0.136. The summed E-state index contributed by atoms with van der Waals surface area (Å²) >= 11 is 13.6. The number of hydrogen-bond acceptors (Lipinski definition) is 3. The van der Waals surface area contributed by atoms with Crippen molar-refractivity contribution in [2.75, 3.05) is 0 Å². The lowest BCUT2D eigenvalue weighted by Gasteiger charge is -2.38. The van der Waals surface area contributed by atoms with E-state index in [2.05, 4.69) is 50.1 Å². The molecule has 3 aromatic carbocycles. The van der Waals surface area contributed by atoms with E-state index in [1.807, 2.05) is 53.5 Å². The number of hydrazone groups is 1. The molecule has 0 aliphatic carbocycles. The predicted molar refractivity (Wildman–Crippen MR) is 119 cm³/mol. The van der Waals surface area contributed by atoms with Crippen molar-refractivity contribution in [2.24, 2.45) is 5.10 Å². The van der Waals surface area contributed by atoms with E-state index >= 15 is 0 Å². The van der Waals surface area contributed by atoms with Crippen LogP contribution in [-0.4, -0.2) is 10.7 Å². The van der Waals surface area contributed by atoms with Crippen LogP contribution in [-0.2, 0) is 0 Å². The molecule has 0 aromatic heterocycles. The molecule has 0 saturated heterocycles. The Morgan fingerprint density at radius 3 is 2.46 bits per heavy atom. The lowest BCUT2D eigenvalue weighted by molar-refractivity contribution is -0.0190. The third kappa shape index (κ3) is 3.15. The normalized spacial score (nSPS) is 20.2. The zero-order valence-electron chi connectivity index (χ0n) is 14.6. The highest BCUT2D eigenvalue weighted by Gasteiger charge is 2.41. The Bertz CT molecular complexity index is 1080. The second-order valence-electron chi connectivity index (χ2n) is 6.83. The van der Waals surface area contributed by atoms with Crippen molar-refractivity contribution < 1.29 is 4.74 Å². The van der Waals surface area contributed by atoms with Gasteiger partial charge in [0.1, 0.15) is 5.75 Å². The van der Waals surface area contributed by atoms with Crippen molar-refractivity contribution >= 4 is 49.2 Å². The van der Waals surface area contributed by atoms with Gasteiger partial charge in [-0.15, -0.1) is 0 Å². The third-order valence-corrected chi connectivity index (χ3v) is 6.47. The van der Waals surface area contributed by atoms with E-state index in [0.717, 1.165) is 43.5 Å². The lowest BCUT2D eigenvalue weighted by atomic mass is 9.96. The first-order chi connectivity index (χ1) is 13.6. The molecule has 2 atom stereocenters. The SMILES string of the molecule is Clc1ccccc1C1Oc2ccc(Br)cc2C2CC(c3ccc(Br)cc3)=NN21. The number of benzene rings is 3. The maximum absolute atomic E-state index is 6.50. The van der Waals surface area contributed by atoms with E-state index < -0.39 is 0 Å². The van der Waals surface area contributed by atoms with Crippen molar-refractivity contribution in [1.29, 1.82) is 0 Å². The summed E-state index contributed by atoms with van der Waals surface area (Å²) in [6.07, 6.45) is 0.454. The molecule has 28 heavy (non-hydrogen) atoms. The van der Waals surface area contributed by atoms with Gasteiger partial charge in [0.05, 0.1) is 11.8 Å². The predicted octanol–water partition coefficient (Wildman–Crippen LogP) is 7.11. The molecule has 2 aliphatic heterocycles. The van der Waals surface area contributed by atoms with E-state index in [1.54, 1.807) is 0 Å². The number of rotatable bonds is 2. The Balaban J connectivity index is 1.62. The van der Waals surface area contributed by atoms with E-state index in [9.17, 15) is 0 Å². The summed E-state index contributed by atoms with van der Waals surface area (Å²) in [5, 5.41) is 7.70. The van der Waals surface area contributed by atoms with Crippen molar-refractivity contribution in [2.45, 2.75) is 18.7 Å². The molecule has 140 valence electrons. The number of halogens is 3. The van der Waals surface area contributed by atoms with Crippen LogP contribution in [0.4, 0.5) is 0 Å². The van der Waals surface area contributed by atoms with Gasteiger partial charge >= 0.3 is 0 Å². The zero-order chi connectivity index (χ0) is 19.3. The van der Waals surface area contributed by atoms with E-state index in [0.29, 0.717) is 5.02 Å². The fourth-order valence-electron chi connectivity index (χ4n) is 3.76. The summed E-state index contributed by atoms with van der Waals surface area (Å²) in [7, 11) is 0. The minimum Gasteiger partial charge on any atom is -0.464 e. The summed E-state index contributed by atoms with van der Waals surface area (Å²) in [5.74, 6) is 0.877. The van der Waals surface area contributed by atoms with Gasteiger partial charge in [0.2, 0.25) is 6.23 Å². The Morgan fingerprint density at radius 1 is 0.929 bits per heavy atom. The van der Waals surface area contributed by atoms with Crippen LogP contribution in [0.15, 0.2) is 80.8 Å². The summed E-state index contributed by atoms with van der Waals surface area (Å²) in [6.45, 7) is 0. The van der Waals surface area contributed by atoms with Crippen LogP contribution in [0.3, 0.4) is 0 Å². The van der Waals surface area contributed by atoms with Gasteiger partial charge in [-0.05, 0) is 42.0 Å². The topological polar surface area (TPSA) is 24.8 Å². The van der Waals surface area contributed by atoms with Crippen molar-refractivity contribution in [3.8, 4) is 5.75 Å². The van der Waals surface area contributed by atoms with E-state index in [1.165, 1.54) is 0 Å². The van der Waals surface area contributed by atoms with Crippen LogP contribution in [0.25, 0.3) is 0 Å². The van der Waals surface area contributed by atoms with E-state index in [-0.39, 0.29) is 12.3 Å². The number of fused-ring (bicyclic) bond motifs is 3. The second-order valence-corrected chi connectivity index (χ2v) is 9.07. The molecule has 2 aliphatic rings. The molecule has 2 heterocycles. The van der Waals surface area contributed by atoms with Gasteiger partial charge in [-0.3, -0.25) is 0 Å². The lowest BCUT2D eigenvalue weighted by Crippen LogP contribution is -2.33. The van der Waals surface area contributed by atoms with Gasteiger partial charge in [-0.25, -0.2) is 5.01 Å². The Hall–Kier alpha value is -1.82. The van der Waals surface area contributed by atoms with Crippen molar-refractivity contribution in [3.05, 3.63) is 97.4 Å². The zero-order valence-corrected chi connectivity index (χ0v) is 18.6. The molecule has 5 rings (SSSR count). The van der Waals surface area contributed by atoms with Gasteiger partial charge in [-0.2, -0.15) is 5.10 Å². The van der Waals surface area contributed by atoms with Gasteiger partial charge in [0.15, 0.2) is 0 Å². The first-order valence-corrected chi connectivity index (χ1v) is 10.9. The van der Waals surface area contributed by atoms with Gasteiger partial charge in [-0.1, -0.05) is 73.8 Å². The number of ether oxygens (including phenoxy) is 1. The van der Waals surface area contributed by atoms with Crippen molar-refractivity contribution in [3.63, 3.8) is 0 Å². The molecule has 3 aromatic rings. The second kappa shape index (κ2) is 7.21. The highest BCUT2D eigenvalue weighted by molar-refractivity contribution is 9.10. The molecule has 6 heteroatoms. The number of nitrogens with zero attached hydrogens (tertiary/aromatic N) is 2. The van der Waals surface area contributed by atoms with Gasteiger partial charge in [0.25, 0.3) is 0 Å². The van der Waals surface area contributed by atoms with Crippen molar-refractivity contribution in [1.82, 2.24) is 5.01 Å². The Labute approximate surface area is 185 Å². The van der Waals surface area contributed by atoms with Gasteiger partial charge < -0.3 is 4.74 Å². The summed E-state index contributed by atoms with van der Waals surface area (Å²) in [4.78, 5) is 0. The molecule has 3 nitrogen and oxygen atoms in total.